The molecule has 0 bridgehead atoms. The molecule has 1 aliphatic heterocycles. The van der Waals surface area contributed by atoms with Crippen molar-refractivity contribution in [2.75, 3.05) is 6.61 Å². The van der Waals surface area contributed by atoms with Crippen LogP contribution >= 0.6 is 0 Å². The molecule has 4 nitrogen and oxygen atoms in total. The number of aromatic nitrogens is 1. The molecule has 0 spiro atoms. The molecular weight excluding hydrogens is 266 g/mol. The third-order valence-electron chi connectivity index (χ3n) is 3.47. The Bertz CT molecular complexity index is 595. The van der Waals surface area contributed by atoms with E-state index in [1.165, 1.54) is 0 Å². The molecule has 108 valence electrons. The Labute approximate surface area is 123 Å². The van der Waals surface area contributed by atoms with Gasteiger partial charge < -0.3 is 9.47 Å². The lowest BCUT2D eigenvalue weighted by Gasteiger charge is -2.21. The van der Waals surface area contributed by atoms with Gasteiger partial charge in [-0.15, -0.1) is 0 Å². The molecule has 1 aromatic carbocycles. The highest BCUT2D eigenvalue weighted by Crippen LogP contribution is 2.26. The van der Waals surface area contributed by atoms with Crippen molar-refractivity contribution in [2.24, 2.45) is 0 Å². The van der Waals surface area contributed by atoms with Crippen molar-refractivity contribution < 1.29 is 14.3 Å². The van der Waals surface area contributed by atoms with Gasteiger partial charge in [0.25, 0.3) is 0 Å². The van der Waals surface area contributed by atoms with E-state index in [-0.39, 0.29) is 11.9 Å². The van der Waals surface area contributed by atoms with E-state index in [4.69, 9.17) is 9.47 Å². The van der Waals surface area contributed by atoms with Crippen LogP contribution in [-0.2, 0) is 16.1 Å². The van der Waals surface area contributed by atoms with Gasteiger partial charge in [-0.1, -0.05) is 30.3 Å². The van der Waals surface area contributed by atoms with Crippen LogP contribution in [0, 0.1) is 0 Å². The molecule has 0 unspecified atom stereocenters. The number of rotatable bonds is 4. The standard InChI is InChI=1S/C17H17NO3/c19-15-8-9-20-16(10-15)14-6-7-17(18-11-14)21-12-13-4-2-1-3-5-13/h1-7,11,16H,8-10,12H2/t16-/m1/s1. The number of pyridine rings is 1. The van der Waals surface area contributed by atoms with Gasteiger partial charge in [0.2, 0.25) is 5.88 Å². The summed E-state index contributed by atoms with van der Waals surface area (Å²) in [6.07, 6.45) is 2.51. The first-order valence-corrected chi connectivity index (χ1v) is 7.07. The average molecular weight is 283 g/mol. The van der Waals surface area contributed by atoms with Crippen molar-refractivity contribution in [2.45, 2.75) is 25.6 Å². The second-order valence-corrected chi connectivity index (χ2v) is 5.06. The lowest BCUT2D eigenvalue weighted by Crippen LogP contribution is -2.19. The summed E-state index contributed by atoms with van der Waals surface area (Å²) in [7, 11) is 0. The number of benzene rings is 1. The molecule has 1 fully saturated rings. The van der Waals surface area contributed by atoms with E-state index in [9.17, 15) is 4.79 Å². The monoisotopic (exact) mass is 283 g/mol. The minimum absolute atomic E-state index is 0.165. The number of carbonyl (C=O) groups excluding carboxylic acids is 1. The highest BCUT2D eigenvalue weighted by atomic mass is 16.5. The van der Waals surface area contributed by atoms with E-state index in [1.54, 1.807) is 6.20 Å². The zero-order chi connectivity index (χ0) is 14.5. The predicted molar refractivity (Wildman–Crippen MR) is 77.9 cm³/mol. The minimum atomic E-state index is -0.165. The second kappa shape index (κ2) is 6.50. The average Bonchev–Trinajstić information content (AvgIpc) is 2.54. The molecule has 0 amide bonds. The summed E-state index contributed by atoms with van der Waals surface area (Å²) in [5.41, 5.74) is 2.03. The van der Waals surface area contributed by atoms with Crippen LogP contribution in [0.15, 0.2) is 48.7 Å². The molecule has 0 aliphatic carbocycles. The Morgan fingerprint density at radius 2 is 2.05 bits per heavy atom. The van der Waals surface area contributed by atoms with Crippen LogP contribution in [0.4, 0.5) is 0 Å². The summed E-state index contributed by atoms with van der Waals surface area (Å²) in [5, 5.41) is 0. The van der Waals surface area contributed by atoms with E-state index in [2.05, 4.69) is 4.98 Å². The number of Topliss-reactive ketones (excluding diaryl/α,β-unsaturated/α-hetero) is 1. The summed E-state index contributed by atoms with van der Waals surface area (Å²) in [6, 6.07) is 13.7. The Morgan fingerprint density at radius 3 is 2.76 bits per heavy atom. The molecule has 2 heterocycles. The van der Waals surface area contributed by atoms with Gasteiger partial charge in [0, 0.05) is 25.1 Å². The zero-order valence-corrected chi connectivity index (χ0v) is 11.7. The summed E-state index contributed by atoms with van der Waals surface area (Å²) in [6.45, 7) is 0.987. The van der Waals surface area contributed by atoms with Gasteiger partial charge >= 0.3 is 0 Å². The largest absolute Gasteiger partial charge is 0.473 e. The summed E-state index contributed by atoms with van der Waals surface area (Å²) >= 11 is 0. The van der Waals surface area contributed by atoms with Crippen molar-refractivity contribution in [3.8, 4) is 5.88 Å². The number of ether oxygens (including phenoxy) is 2. The molecule has 21 heavy (non-hydrogen) atoms. The molecule has 0 radical (unpaired) electrons. The van der Waals surface area contributed by atoms with Crippen LogP contribution in [0.5, 0.6) is 5.88 Å². The topological polar surface area (TPSA) is 48.4 Å². The Balaban J connectivity index is 1.60. The van der Waals surface area contributed by atoms with Gasteiger partial charge in [0.15, 0.2) is 0 Å². The third kappa shape index (κ3) is 3.67. The second-order valence-electron chi connectivity index (χ2n) is 5.06. The SMILES string of the molecule is O=C1CCO[C@@H](c2ccc(OCc3ccccc3)nc2)C1. The van der Waals surface area contributed by atoms with Crippen molar-refractivity contribution in [1.82, 2.24) is 4.98 Å². The van der Waals surface area contributed by atoms with Crippen molar-refractivity contribution in [3.05, 3.63) is 59.8 Å². The first-order chi connectivity index (χ1) is 10.3. The van der Waals surface area contributed by atoms with E-state index >= 15 is 0 Å². The molecule has 0 saturated carbocycles. The quantitative estimate of drug-likeness (QED) is 0.865. The van der Waals surface area contributed by atoms with Crippen LogP contribution in [-0.4, -0.2) is 17.4 Å². The molecule has 1 saturated heterocycles. The van der Waals surface area contributed by atoms with Gasteiger partial charge in [0.1, 0.15) is 12.4 Å². The van der Waals surface area contributed by atoms with E-state index in [0.29, 0.717) is 31.9 Å². The lowest BCUT2D eigenvalue weighted by atomic mass is 10.0. The van der Waals surface area contributed by atoms with Crippen LogP contribution in [0.1, 0.15) is 30.1 Å². The van der Waals surface area contributed by atoms with Crippen molar-refractivity contribution in [1.29, 1.82) is 0 Å². The van der Waals surface area contributed by atoms with Crippen LogP contribution in [0.3, 0.4) is 0 Å². The molecule has 2 aromatic rings. The van der Waals surface area contributed by atoms with Crippen molar-refractivity contribution in [3.63, 3.8) is 0 Å². The fraction of sp³-hybridized carbons (Fsp3) is 0.294. The van der Waals surface area contributed by atoms with E-state index in [0.717, 1.165) is 11.1 Å². The van der Waals surface area contributed by atoms with Gasteiger partial charge in [-0.3, -0.25) is 4.79 Å². The summed E-state index contributed by atoms with van der Waals surface area (Å²) < 4.78 is 11.2. The smallest absolute Gasteiger partial charge is 0.213 e. The normalized spacial score (nSPS) is 18.5. The van der Waals surface area contributed by atoms with E-state index in [1.807, 2.05) is 42.5 Å². The molecule has 3 rings (SSSR count). The molecule has 1 aromatic heterocycles. The minimum Gasteiger partial charge on any atom is -0.473 e. The molecular formula is C17H17NO3. The van der Waals surface area contributed by atoms with Gasteiger partial charge in [-0.2, -0.15) is 0 Å². The first-order valence-electron chi connectivity index (χ1n) is 7.07. The third-order valence-corrected chi connectivity index (χ3v) is 3.47. The van der Waals surface area contributed by atoms with E-state index < -0.39 is 0 Å². The van der Waals surface area contributed by atoms with Gasteiger partial charge in [-0.05, 0) is 17.2 Å². The molecule has 1 aliphatic rings. The zero-order valence-electron chi connectivity index (χ0n) is 11.7. The van der Waals surface area contributed by atoms with Crippen LogP contribution in [0.25, 0.3) is 0 Å². The predicted octanol–water partition coefficient (Wildman–Crippen LogP) is 3.08. The number of nitrogens with zero attached hydrogens (tertiary/aromatic N) is 1. The number of hydrogen-bond donors (Lipinski definition) is 0. The fourth-order valence-corrected chi connectivity index (χ4v) is 2.30. The molecule has 1 atom stereocenters. The van der Waals surface area contributed by atoms with Gasteiger partial charge in [-0.25, -0.2) is 4.98 Å². The number of carbonyl (C=O) groups is 1. The maximum Gasteiger partial charge on any atom is 0.213 e. The maximum atomic E-state index is 11.4. The highest BCUT2D eigenvalue weighted by molar-refractivity contribution is 5.79. The van der Waals surface area contributed by atoms with Crippen molar-refractivity contribution >= 4 is 5.78 Å². The van der Waals surface area contributed by atoms with Crippen LogP contribution in [0.2, 0.25) is 0 Å². The summed E-state index contributed by atoms with van der Waals surface area (Å²) in [4.78, 5) is 15.7. The highest BCUT2D eigenvalue weighted by Gasteiger charge is 2.21. The summed E-state index contributed by atoms with van der Waals surface area (Å²) in [5.74, 6) is 0.820. The van der Waals surface area contributed by atoms with Gasteiger partial charge in [0.05, 0.1) is 12.7 Å². The molecule has 0 N–H and O–H groups in total. The lowest BCUT2D eigenvalue weighted by molar-refractivity contribution is -0.128. The number of ketones is 1. The fourth-order valence-electron chi connectivity index (χ4n) is 2.30. The Kier molecular flexibility index (Phi) is 4.26. The maximum absolute atomic E-state index is 11.4. The Hall–Kier alpha value is -2.20. The van der Waals surface area contributed by atoms with Crippen LogP contribution < -0.4 is 4.74 Å². The Morgan fingerprint density at radius 1 is 1.19 bits per heavy atom. The molecule has 4 heteroatoms. The first kappa shape index (κ1) is 13.8. The number of hydrogen-bond acceptors (Lipinski definition) is 4.